The number of rotatable bonds is 4. The third-order valence-electron chi connectivity index (χ3n) is 2.83. The second kappa shape index (κ2) is 6.30. The molecule has 0 saturated carbocycles. The summed E-state index contributed by atoms with van der Waals surface area (Å²) in [5.41, 5.74) is 0. The molecule has 0 radical (unpaired) electrons. The zero-order valence-electron chi connectivity index (χ0n) is 10.4. The van der Waals surface area contributed by atoms with Crippen LogP contribution in [0.5, 0.6) is 5.88 Å². The maximum atomic E-state index is 11.7. The third-order valence-corrected chi connectivity index (χ3v) is 2.83. The van der Waals surface area contributed by atoms with E-state index in [0.717, 1.165) is 19.4 Å². The first-order valence-corrected chi connectivity index (χ1v) is 5.99. The van der Waals surface area contributed by atoms with Gasteiger partial charge in [-0.05, 0) is 12.8 Å². The normalized spacial score (nSPS) is 19.6. The van der Waals surface area contributed by atoms with E-state index in [0.29, 0.717) is 12.4 Å². The van der Waals surface area contributed by atoms with Gasteiger partial charge in [0.2, 0.25) is 11.8 Å². The molecule has 18 heavy (non-hydrogen) atoms. The average molecular weight is 251 g/mol. The Morgan fingerprint density at radius 2 is 2.44 bits per heavy atom. The van der Waals surface area contributed by atoms with Crippen LogP contribution in [0.4, 0.5) is 0 Å². The van der Waals surface area contributed by atoms with Gasteiger partial charge in [0.15, 0.2) is 0 Å². The van der Waals surface area contributed by atoms with Crippen LogP contribution in [0.25, 0.3) is 0 Å². The van der Waals surface area contributed by atoms with Crippen LogP contribution in [0.2, 0.25) is 0 Å². The van der Waals surface area contributed by atoms with E-state index < -0.39 is 0 Å². The Bertz CT molecular complexity index is 385. The number of hydrogen-bond donors (Lipinski definition) is 0. The number of amides is 1. The molecule has 1 aliphatic heterocycles. The lowest BCUT2D eigenvalue weighted by Crippen LogP contribution is -2.45. The van der Waals surface area contributed by atoms with Crippen LogP contribution in [0, 0.1) is 0 Å². The van der Waals surface area contributed by atoms with Crippen molar-refractivity contribution >= 4 is 5.91 Å². The van der Waals surface area contributed by atoms with Crippen LogP contribution in [-0.2, 0) is 9.53 Å². The predicted molar refractivity (Wildman–Crippen MR) is 64.1 cm³/mol. The van der Waals surface area contributed by atoms with E-state index in [1.807, 2.05) is 0 Å². The Hall–Kier alpha value is -1.69. The van der Waals surface area contributed by atoms with Crippen molar-refractivity contribution in [3.05, 3.63) is 18.6 Å². The summed E-state index contributed by atoms with van der Waals surface area (Å²) in [6.45, 7) is 1.47. The van der Waals surface area contributed by atoms with Gasteiger partial charge in [-0.2, -0.15) is 0 Å². The van der Waals surface area contributed by atoms with Crippen molar-refractivity contribution in [1.82, 2.24) is 14.9 Å². The quantitative estimate of drug-likeness (QED) is 0.779. The highest BCUT2D eigenvalue weighted by atomic mass is 16.5. The number of nitrogens with zero attached hydrogens (tertiary/aromatic N) is 3. The molecular formula is C12H17N3O3. The van der Waals surface area contributed by atoms with Gasteiger partial charge in [0.05, 0.1) is 12.7 Å². The molecule has 1 aliphatic rings. The summed E-state index contributed by atoms with van der Waals surface area (Å²) in [6.07, 6.45) is 6.61. The lowest BCUT2D eigenvalue weighted by Gasteiger charge is -2.32. The number of carbonyl (C=O) groups is 1. The second-order valence-electron chi connectivity index (χ2n) is 4.20. The molecule has 2 heterocycles. The second-order valence-corrected chi connectivity index (χ2v) is 4.20. The van der Waals surface area contributed by atoms with Gasteiger partial charge < -0.3 is 14.4 Å². The van der Waals surface area contributed by atoms with Crippen LogP contribution in [0.15, 0.2) is 18.6 Å². The number of methoxy groups -OCH3 is 1. The summed E-state index contributed by atoms with van der Waals surface area (Å²) in [7, 11) is 1.52. The summed E-state index contributed by atoms with van der Waals surface area (Å²) in [5, 5.41) is 0. The van der Waals surface area contributed by atoms with E-state index in [4.69, 9.17) is 9.47 Å². The molecule has 0 aromatic carbocycles. The van der Waals surface area contributed by atoms with E-state index in [1.54, 1.807) is 23.5 Å². The summed E-state index contributed by atoms with van der Waals surface area (Å²) >= 11 is 0. The molecule has 0 spiro atoms. The molecule has 1 aromatic rings. The van der Waals surface area contributed by atoms with Gasteiger partial charge >= 0.3 is 0 Å². The van der Waals surface area contributed by atoms with Crippen molar-refractivity contribution in [2.24, 2.45) is 0 Å². The smallest absolute Gasteiger partial charge is 0.248 e. The first-order valence-electron chi connectivity index (χ1n) is 5.99. The summed E-state index contributed by atoms with van der Waals surface area (Å²) in [6, 6.07) is 0. The summed E-state index contributed by atoms with van der Waals surface area (Å²) < 4.78 is 10.6. The number of ether oxygens (including phenoxy) is 2. The Labute approximate surface area is 106 Å². The predicted octanol–water partition coefficient (Wildman–Crippen LogP) is 0.493. The van der Waals surface area contributed by atoms with Gasteiger partial charge in [0.1, 0.15) is 12.7 Å². The molecule has 2 rings (SSSR count). The highest BCUT2D eigenvalue weighted by Crippen LogP contribution is 2.15. The summed E-state index contributed by atoms with van der Waals surface area (Å²) in [4.78, 5) is 21.5. The molecule has 1 unspecified atom stereocenters. The molecule has 6 heteroatoms. The zero-order valence-corrected chi connectivity index (χ0v) is 10.4. The van der Waals surface area contributed by atoms with Crippen molar-refractivity contribution in [3.8, 4) is 5.88 Å². The highest BCUT2D eigenvalue weighted by molar-refractivity contribution is 5.77. The first kappa shape index (κ1) is 12.8. The Morgan fingerprint density at radius 1 is 1.56 bits per heavy atom. The van der Waals surface area contributed by atoms with Gasteiger partial charge in [0.25, 0.3) is 0 Å². The first-order chi connectivity index (χ1) is 8.79. The maximum absolute atomic E-state index is 11.7. The molecule has 0 bridgehead atoms. The molecule has 98 valence electrons. The number of aromatic nitrogens is 2. The topological polar surface area (TPSA) is 64.5 Å². The molecule has 1 fully saturated rings. The SMILES string of the molecule is COCC(=O)N1CCCC(Oc2cnccn2)C1. The lowest BCUT2D eigenvalue weighted by molar-refractivity contribution is -0.137. The number of carbonyl (C=O) groups excluding carboxylic acids is 1. The standard InChI is InChI=1S/C12H17N3O3/c1-17-9-12(16)15-6-2-3-10(8-15)18-11-7-13-4-5-14-11/h4-5,7,10H,2-3,6,8-9H2,1H3. The highest BCUT2D eigenvalue weighted by Gasteiger charge is 2.24. The molecule has 1 amide bonds. The van der Waals surface area contributed by atoms with Crippen LogP contribution in [0.3, 0.4) is 0 Å². The fourth-order valence-electron chi connectivity index (χ4n) is 1.99. The molecule has 1 aromatic heterocycles. The van der Waals surface area contributed by atoms with E-state index in [2.05, 4.69) is 9.97 Å². The Kier molecular flexibility index (Phi) is 4.46. The molecule has 1 saturated heterocycles. The van der Waals surface area contributed by atoms with E-state index in [1.165, 1.54) is 7.11 Å². The lowest BCUT2D eigenvalue weighted by atomic mass is 10.1. The van der Waals surface area contributed by atoms with Crippen molar-refractivity contribution in [1.29, 1.82) is 0 Å². The fourth-order valence-corrected chi connectivity index (χ4v) is 1.99. The Balaban J connectivity index is 1.89. The number of hydrogen-bond acceptors (Lipinski definition) is 5. The molecule has 0 N–H and O–H groups in total. The minimum Gasteiger partial charge on any atom is -0.471 e. The zero-order chi connectivity index (χ0) is 12.8. The largest absolute Gasteiger partial charge is 0.471 e. The van der Waals surface area contributed by atoms with E-state index in [9.17, 15) is 4.79 Å². The van der Waals surface area contributed by atoms with Gasteiger partial charge in [-0.1, -0.05) is 0 Å². The van der Waals surface area contributed by atoms with Crippen molar-refractivity contribution in [3.63, 3.8) is 0 Å². The summed E-state index contributed by atoms with van der Waals surface area (Å²) in [5.74, 6) is 0.508. The third kappa shape index (κ3) is 3.40. The molecule has 1 atom stereocenters. The van der Waals surface area contributed by atoms with E-state index in [-0.39, 0.29) is 18.6 Å². The molecule has 0 aliphatic carbocycles. The number of piperidine rings is 1. The maximum Gasteiger partial charge on any atom is 0.248 e. The van der Waals surface area contributed by atoms with Crippen molar-refractivity contribution < 1.29 is 14.3 Å². The van der Waals surface area contributed by atoms with Gasteiger partial charge in [-0.25, -0.2) is 4.98 Å². The van der Waals surface area contributed by atoms with Crippen LogP contribution >= 0.6 is 0 Å². The molecular weight excluding hydrogens is 234 g/mol. The van der Waals surface area contributed by atoms with Crippen LogP contribution in [-0.4, -0.2) is 53.7 Å². The minimum atomic E-state index is -0.0174. The fraction of sp³-hybridized carbons (Fsp3) is 0.583. The van der Waals surface area contributed by atoms with Gasteiger partial charge in [0, 0.05) is 26.0 Å². The van der Waals surface area contributed by atoms with Crippen LogP contribution < -0.4 is 4.74 Å². The number of likely N-dealkylation sites (tertiary alicyclic amines) is 1. The van der Waals surface area contributed by atoms with Gasteiger partial charge in [-0.3, -0.25) is 9.78 Å². The average Bonchev–Trinajstić information content (AvgIpc) is 2.40. The molecule has 6 nitrogen and oxygen atoms in total. The van der Waals surface area contributed by atoms with Crippen molar-refractivity contribution in [2.45, 2.75) is 18.9 Å². The van der Waals surface area contributed by atoms with Gasteiger partial charge in [-0.15, -0.1) is 0 Å². The minimum absolute atomic E-state index is 0.00458. The van der Waals surface area contributed by atoms with E-state index >= 15 is 0 Å². The van der Waals surface area contributed by atoms with Crippen LogP contribution in [0.1, 0.15) is 12.8 Å². The van der Waals surface area contributed by atoms with Crippen molar-refractivity contribution in [2.75, 3.05) is 26.8 Å². The monoisotopic (exact) mass is 251 g/mol. The Morgan fingerprint density at radius 3 is 3.17 bits per heavy atom.